The van der Waals surface area contributed by atoms with Crippen LogP contribution in [0.2, 0.25) is 0 Å². The summed E-state index contributed by atoms with van der Waals surface area (Å²) in [7, 11) is 0. The highest BCUT2D eigenvalue weighted by atomic mass is 16.6. The smallest absolute Gasteiger partial charge is 0.258 e. The zero-order chi connectivity index (χ0) is 13.2. The van der Waals surface area contributed by atoms with E-state index in [1.807, 2.05) is 0 Å². The molecule has 1 aromatic rings. The van der Waals surface area contributed by atoms with E-state index in [0.29, 0.717) is 17.5 Å². The number of nitro groups is 2. The van der Waals surface area contributed by atoms with Crippen LogP contribution in [0, 0.1) is 27.2 Å². The Bertz CT molecular complexity index is 483. The van der Waals surface area contributed by atoms with Crippen molar-refractivity contribution < 1.29 is 9.85 Å². The summed E-state index contributed by atoms with van der Waals surface area (Å²) in [6, 6.07) is 1.54. The Morgan fingerprint density at radius 1 is 1.06 bits per heavy atom. The van der Waals surface area contributed by atoms with Gasteiger partial charge in [-0.3, -0.25) is 20.2 Å². The predicted octanol–water partition coefficient (Wildman–Crippen LogP) is 2.94. The molecule has 17 heavy (non-hydrogen) atoms. The number of nitro benzene ring substituents is 2. The highest BCUT2D eigenvalue weighted by Crippen LogP contribution is 2.35. The lowest BCUT2D eigenvalue weighted by Gasteiger charge is -2.08. The summed E-state index contributed by atoms with van der Waals surface area (Å²) in [6.45, 7) is 5.10. The van der Waals surface area contributed by atoms with Gasteiger partial charge in [-0.25, -0.2) is 0 Å². The summed E-state index contributed by atoms with van der Waals surface area (Å²) < 4.78 is 0. The molecule has 0 aliphatic rings. The number of nitrogens with zero attached hydrogens (tertiary/aromatic N) is 2. The van der Waals surface area contributed by atoms with E-state index in [1.165, 1.54) is 6.07 Å². The number of hydrogen-bond acceptors (Lipinski definition) is 4. The van der Waals surface area contributed by atoms with Gasteiger partial charge in [0.05, 0.1) is 9.85 Å². The van der Waals surface area contributed by atoms with Crippen LogP contribution in [0.1, 0.15) is 30.5 Å². The van der Waals surface area contributed by atoms with Gasteiger partial charge in [0.15, 0.2) is 0 Å². The van der Waals surface area contributed by atoms with Crippen LogP contribution in [-0.4, -0.2) is 9.85 Å². The van der Waals surface area contributed by atoms with E-state index in [9.17, 15) is 20.2 Å². The third-order valence-electron chi connectivity index (χ3n) is 2.74. The first kappa shape index (κ1) is 13.1. The van der Waals surface area contributed by atoms with Crippen LogP contribution in [0.15, 0.2) is 6.07 Å². The summed E-state index contributed by atoms with van der Waals surface area (Å²) >= 11 is 0. The van der Waals surface area contributed by atoms with Gasteiger partial charge < -0.3 is 0 Å². The molecule has 6 nitrogen and oxygen atoms in total. The van der Waals surface area contributed by atoms with E-state index in [1.54, 1.807) is 20.8 Å². The SMILES string of the molecule is CCc1cc(C)c([N+](=O)[O-])c(CC)c1[N+](=O)[O-]. The second-order valence-electron chi connectivity index (χ2n) is 3.75. The molecule has 1 aromatic carbocycles. The fourth-order valence-electron chi connectivity index (χ4n) is 2.03. The van der Waals surface area contributed by atoms with Crippen LogP contribution in [0.25, 0.3) is 0 Å². The van der Waals surface area contributed by atoms with Crippen LogP contribution in [-0.2, 0) is 12.8 Å². The van der Waals surface area contributed by atoms with Gasteiger partial charge >= 0.3 is 0 Å². The average Bonchev–Trinajstić information content (AvgIpc) is 2.25. The molecular weight excluding hydrogens is 224 g/mol. The quantitative estimate of drug-likeness (QED) is 0.596. The Morgan fingerprint density at radius 2 is 1.59 bits per heavy atom. The summed E-state index contributed by atoms with van der Waals surface area (Å²) in [5, 5.41) is 22.0. The summed E-state index contributed by atoms with van der Waals surface area (Å²) in [6.07, 6.45) is 0.767. The van der Waals surface area contributed by atoms with Gasteiger partial charge in [-0.1, -0.05) is 13.8 Å². The van der Waals surface area contributed by atoms with Crippen LogP contribution in [0.4, 0.5) is 11.4 Å². The molecule has 0 aromatic heterocycles. The van der Waals surface area contributed by atoms with Crippen molar-refractivity contribution >= 4 is 11.4 Å². The number of hydrogen-bond donors (Lipinski definition) is 0. The molecule has 0 saturated carbocycles. The average molecular weight is 238 g/mol. The fourth-order valence-corrected chi connectivity index (χ4v) is 2.03. The van der Waals surface area contributed by atoms with Crippen molar-refractivity contribution in [2.24, 2.45) is 0 Å². The van der Waals surface area contributed by atoms with Crippen molar-refractivity contribution in [3.8, 4) is 0 Å². The van der Waals surface area contributed by atoms with Gasteiger partial charge in [0.2, 0.25) is 0 Å². The van der Waals surface area contributed by atoms with E-state index in [-0.39, 0.29) is 23.4 Å². The van der Waals surface area contributed by atoms with Crippen molar-refractivity contribution in [3.63, 3.8) is 0 Å². The highest BCUT2D eigenvalue weighted by molar-refractivity contribution is 5.62. The largest absolute Gasteiger partial charge is 0.282 e. The molecule has 0 N–H and O–H groups in total. The first-order valence-electron chi connectivity index (χ1n) is 5.38. The fraction of sp³-hybridized carbons (Fsp3) is 0.455. The molecule has 0 aliphatic carbocycles. The first-order valence-corrected chi connectivity index (χ1v) is 5.38. The standard InChI is InChI=1S/C11H14N2O4/c1-4-8-6-7(3)10(12(14)15)9(5-2)11(8)13(16)17/h6H,4-5H2,1-3H3. The Morgan fingerprint density at radius 3 is 1.94 bits per heavy atom. The lowest BCUT2D eigenvalue weighted by Crippen LogP contribution is -2.05. The number of aryl methyl sites for hydroxylation is 2. The molecule has 6 heteroatoms. The molecule has 0 spiro atoms. The van der Waals surface area contributed by atoms with E-state index in [4.69, 9.17) is 0 Å². The first-order chi connectivity index (χ1) is 7.93. The molecule has 0 heterocycles. The van der Waals surface area contributed by atoms with Crippen molar-refractivity contribution in [1.82, 2.24) is 0 Å². The second kappa shape index (κ2) is 4.90. The van der Waals surface area contributed by atoms with Gasteiger partial charge in [-0.05, 0) is 25.8 Å². The van der Waals surface area contributed by atoms with Gasteiger partial charge in [-0.2, -0.15) is 0 Å². The molecular formula is C11H14N2O4. The molecule has 0 radical (unpaired) electrons. The molecule has 0 unspecified atom stereocenters. The third-order valence-corrected chi connectivity index (χ3v) is 2.74. The molecule has 0 saturated heterocycles. The highest BCUT2D eigenvalue weighted by Gasteiger charge is 2.29. The predicted molar refractivity (Wildman–Crippen MR) is 63.2 cm³/mol. The zero-order valence-electron chi connectivity index (χ0n) is 10.0. The maximum absolute atomic E-state index is 11.0. The third kappa shape index (κ3) is 2.25. The van der Waals surface area contributed by atoms with Gasteiger partial charge in [0.1, 0.15) is 5.56 Å². The van der Waals surface area contributed by atoms with Gasteiger partial charge in [-0.15, -0.1) is 0 Å². The Hall–Kier alpha value is -1.98. The summed E-state index contributed by atoms with van der Waals surface area (Å²) in [4.78, 5) is 20.9. The van der Waals surface area contributed by atoms with E-state index in [2.05, 4.69) is 0 Å². The van der Waals surface area contributed by atoms with Crippen LogP contribution < -0.4 is 0 Å². The molecule has 0 aliphatic heterocycles. The van der Waals surface area contributed by atoms with E-state index >= 15 is 0 Å². The molecule has 1 rings (SSSR count). The van der Waals surface area contributed by atoms with E-state index in [0.717, 1.165) is 0 Å². The van der Waals surface area contributed by atoms with Crippen LogP contribution >= 0.6 is 0 Å². The monoisotopic (exact) mass is 238 g/mol. The minimum atomic E-state index is -0.541. The minimum absolute atomic E-state index is 0.104. The normalized spacial score (nSPS) is 10.3. The van der Waals surface area contributed by atoms with Crippen molar-refractivity contribution in [2.45, 2.75) is 33.6 Å². The molecule has 0 bridgehead atoms. The lowest BCUT2D eigenvalue weighted by atomic mass is 9.97. The molecule has 0 fully saturated rings. The molecule has 0 atom stereocenters. The minimum Gasteiger partial charge on any atom is -0.258 e. The van der Waals surface area contributed by atoms with Crippen molar-refractivity contribution in [3.05, 3.63) is 43.0 Å². The van der Waals surface area contributed by atoms with E-state index < -0.39 is 9.85 Å². The zero-order valence-corrected chi connectivity index (χ0v) is 10.0. The number of benzene rings is 1. The van der Waals surface area contributed by atoms with Crippen LogP contribution in [0.5, 0.6) is 0 Å². The maximum Gasteiger partial charge on any atom is 0.282 e. The Balaban J connectivity index is 3.71. The Kier molecular flexibility index (Phi) is 3.77. The number of rotatable bonds is 4. The second-order valence-corrected chi connectivity index (χ2v) is 3.75. The topological polar surface area (TPSA) is 86.3 Å². The summed E-state index contributed by atoms with van der Waals surface area (Å²) in [5.41, 5.74) is 1.02. The van der Waals surface area contributed by atoms with Gasteiger partial charge in [0.25, 0.3) is 11.4 Å². The lowest BCUT2D eigenvalue weighted by molar-refractivity contribution is -0.396. The van der Waals surface area contributed by atoms with Crippen molar-refractivity contribution in [1.29, 1.82) is 0 Å². The summed E-state index contributed by atoms with van der Waals surface area (Å²) in [5.74, 6) is 0. The Labute approximate surface area is 98.6 Å². The maximum atomic E-state index is 11.0. The van der Waals surface area contributed by atoms with Crippen molar-refractivity contribution in [2.75, 3.05) is 0 Å². The molecule has 0 amide bonds. The molecule has 92 valence electrons. The van der Waals surface area contributed by atoms with Gasteiger partial charge in [0, 0.05) is 11.1 Å². The van der Waals surface area contributed by atoms with Crippen LogP contribution in [0.3, 0.4) is 0 Å².